The molecule has 1 aromatic heterocycles. The van der Waals surface area contributed by atoms with E-state index in [1.165, 1.54) is 12.4 Å². The van der Waals surface area contributed by atoms with E-state index in [1.807, 2.05) is 6.92 Å². The zero-order valence-corrected chi connectivity index (χ0v) is 9.97. The van der Waals surface area contributed by atoms with Crippen molar-refractivity contribution in [2.24, 2.45) is 5.92 Å². The average molecular weight is 222 g/mol. The van der Waals surface area contributed by atoms with Crippen molar-refractivity contribution in [2.45, 2.75) is 20.8 Å². The zero-order chi connectivity index (χ0) is 12.1. The van der Waals surface area contributed by atoms with Gasteiger partial charge in [0.2, 0.25) is 0 Å². The second kappa shape index (κ2) is 5.44. The molecule has 16 heavy (non-hydrogen) atoms. The van der Waals surface area contributed by atoms with Crippen molar-refractivity contribution in [3.8, 4) is 0 Å². The number of hydrogen-bond donors (Lipinski definition) is 1. The maximum atomic E-state index is 12.0. The van der Waals surface area contributed by atoms with Crippen molar-refractivity contribution < 1.29 is 4.79 Å². The number of aromatic nitrogens is 2. The molecule has 0 aliphatic rings. The normalized spacial score (nSPS) is 10.5. The summed E-state index contributed by atoms with van der Waals surface area (Å²) >= 11 is 0. The van der Waals surface area contributed by atoms with Gasteiger partial charge in [0.15, 0.2) is 0 Å². The predicted octanol–water partition coefficient (Wildman–Crippen LogP) is 1.18. The van der Waals surface area contributed by atoms with Gasteiger partial charge in [0.1, 0.15) is 11.5 Å². The molecule has 1 rings (SSSR count). The molecule has 0 radical (unpaired) electrons. The lowest BCUT2D eigenvalue weighted by Crippen LogP contribution is -2.34. The van der Waals surface area contributed by atoms with E-state index < -0.39 is 0 Å². The summed E-state index contributed by atoms with van der Waals surface area (Å²) in [6, 6.07) is 0. The van der Waals surface area contributed by atoms with Gasteiger partial charge in [0.05, 0.1) is 12.4 Å². The highest BCUT2D eigenvalue weighted by atomic mass is 16.2. The van der Waals surface area contributed by atoms with Crippen molar-refractivity contribution in [1.82, 2.24) is 14.9 Å². The molecule has 0 aliphatic heterocycles. The van der Waals surface area contributed by atoms with E-state index in [9.17, 15) is 4.79 Å². The van der Waals surface area contributed by atoms with E-state index in [-0.39, 0.29) is 5.91 Å². The molecule has 1 amide bonds. The predicted molar refractivity (Wildman–Crippen MR) is 62.9 cm³/mol. The fourth-order valence-corrected chi connectivity index (χ4v) is 1.41. The second-order valence-electron chi connectivity index (χ2n) is 4.06. The van der Waals surface area contributed by atoms with Crippen molar-refractivity contribution in [3.63, 3.8) is 0 Å². The van der Waals surface area contributed by atoms with E-state index >= 15 is 0 Å². The van der Waals surface area contributed by atoms with Crippen LogP contribution in [0.2, 0.25) is 0 Å². The molecule has 0 unspecified atom stereocenters. The minimum Gasteiger partial charge on any atom is -0.382 e. The van der Waals surface area contributed by atoms with Gasteiger partial charge in [0, 0.05) is 13.1 Å². The molecule has 2 N–H and O–H groups in total. The molecule has 0 fully saturated rings. The first-order chi connectivity index (χ1) is 7.54. The molecule has 0 saturated heterocycles. The largest absolute Gasteiger partial charge is 0.382 e. The zero-order valence-electron chi connectivity index (χ0n) is 9.97. The number of carbonyl (C=O) groups excluding carboxylic acids is 1. The van der Waals surface area contributed by atoms with Gasteiger partial charge in [-0.15, -0.1) is 0 Å². The van der Waals surface area contributed by atoms with Crippen LogP contribution < -0.4 is 5.73 Å². The number of nitrogens with zero attached hydrogens (tertiary/aromatic N) is 3. The van der Waals surface area contributed by atoms with E-state index in [4.69, 9.17) is 5.73 Å². The monoisotopic (exact) mass is 222 g/mol. The van der Waals surface area contributed by atoms with Crippen molar-refractivity contribution in [2.75, 3.05) is 18.8 Å². The van der Waals surface area contributed by atoms with Crippen LogP contribution >= 0.6 is 0 Å². The van der Waals surface area contributed by atoms with Gasteiger partial charge in [-0.2, -0.15) is 0 Å². The molecule has 5 nitrogen and oxygen atoms in total. The van der Waals surface area contributed by atoms with Gasteiger partial charge < -0.3 is 10.6 Å². The summed E-state index contributed by atoms with van der Waals surface area (Å²) in [6.45, 7) is 7.49. The lowest BCUT2D eigenvalue weighted by molar-refractivity contribution is 0.0739. The number of nitrogen functional groups attached to an aromatic ring is 1. The summed E-state index contributed by atoms with van der Waals surface area (Å²) in [7, 11) is 0. The summed E-state index contributed by atoms with van der Waals surface area (Å²) < 4.78 is 0. The number of rotatable bonds is 4. The van der Waals surface area contributed by atoms with Crippen LogP contribution in [-0.2, 0) is 0 Å². The quantitative estimate of drug-likeness (QED) is 0.830. The Hall–Kier alpha value is -1.65. The molecule has 1 aromatic rings. The topological polar surface area (TPSA) is 72.1 Å². The van der Waals surface area contributed by atoms with Gasteiger partial charge in [-0.05, 0) is 12.8 Å². The van der Waals surface area contributed by atoms with Crippen molar-refractivity contribution in [1.29, 1.82) is 0 Å². The lowest BCUT2D eigenvalue weighted by Gasteiger charge is -2.22. The summed E-state index contributed by atoms with van der Waals surface area (Å²) in [5.74, 6) is 0.665. The summed E-state index contributed by atoms with van der Waals surface area (Å²) in [6.07, 6.45) is 2.82. The molecule has 0 spiro atoms. The van der Waals surface area contributed by atoms with Crippen molar-refractivity contribution in [3.05, 3.63) is 18.1 Å². The molecule has 1 heterocycles. The van der Waals surface area contributed by atoms with E-state index in [1.54, 1.807) is 4.90 Å². The van der Waals surface area contributed by atoms with Crippen LogP contribution in [0.25, 0.3) is 0 Å². The first-order valence-corrected chi connectivity index (χ1v) is 5.41. The van der Waals surface area contributed by atoms with Crippen LogP contribution in [0.5, 0.6) is 0 Å². The fourth-order valence-electron chi connectivity index (χ4n) is 1.41. The SMILES string of the molecule is CCN(CC(C)C)C(=O)c1cnc(N)cn1. The molecule has 0 atom stereocenters. The average Bonchev–Trinajstić information content (AvgIpc) is 2.25. The molecule has 88 valence electrons. The van der Waals surface area contributed by atoms with Crippen molar-refractivity contribution >= 4 is 11.7 Å². The summed E-state index contributed by atoms with van der Waals surface area (Å²) in [5.41, 5.74) is 5.76. The van der Waals surface area contributed by atoms with Gasteiger partial charge in [0.25, 0.3) is 5.91 Å². The molecular weight excluding hydrogens is 204 g/mol. The molecule has 0 saturated carbocycles. The van der Waals surface area contributed by atoms with Gasteiger partial charge in [-0.25, -0.2) is 9.97 Å². The van der Waals surface area contributed by atoms with Crippen LogP contribution in [0, 0.1) is 5.92 Å². The maximum Gasteiger partial charge on any atom is 0.274 e. The van der Waals surface area contributed by atoms with Crippen LogP contribution in [0.15, 0.2) is 12.4 Å². The Bertz CT molecular complexity index is 348. The minimum absolute atomic E-state index is 0.0938. The Morgan fingerprint density at radius 2 is 2.12 bits per heavy atom. The third kappa shape index (κ3) is 3.18. The minimum atomic E-state index is -0.0938. The second-order valence-corrected chi connectivity index (χ2v) is 4.06. The maximum absolute atomic E-state index is 12.0. The summed E-state index contributed by atoms with van der Waals surface area (Å²) in [5, 5.41) is 0. The van der Waals surface area contributed by atoms with Crippen LogP contribution in [0.4, 0.5) is 5.82 Å². The molecule has 0 bridgehead atoms. The van der Waals surface area contributed by atoms with Crippen LogP contribution in [0.1, 0.15) is 31.3 Å². The summed E-state index contributed by atoms with van der Waals surface area (Å²) in [4.78, 5) is 21.6. The third-order valence-corrected chi connectivity index (χ3v) is 2.15. The number of anilines is 1. The number of carbonyl (C=O) groups is 1. The van der Waals surface area contributed by atoms with Gasteiger partial charge in [-0.1, -0.05) is 13.8 Å². The Kier molecular flexibility index (Phi) is 4.22. The Morgan fingerprint density at radius 1 is 1.44 bits per heavy atom. The Labute approximate surface area is 95.7 Å². The molecular formula is C11H18N4O. The number of amides is 1. The van der Waals surface area contributed by atoms with Gasteiger partial charge in [-0.3, -0.25) is 4.79 Å². The highest BCUT2D eigenvalue weighted by Crippen LogP contribution is 2.05. The fraction of sp³-hybridized carbons (Fsp3) is 0.545. The van der Waals surface area contributed by atoms with Crippen LogP contribution in [-0.4, -0.2) is 33.9 Å². The Morgan fingerprint density at radius 3 is 2.56 bits per heavy atom. The van der Waals surface area contributed by atoms with E-state index in [0.29, 0.717) is 24.0 Å². The highest BCUT2D eigenvalue weighted by molar-refractivity contribution is 5.92. The Balaban J connectivity index is 2.78. The first kappa shape index (κ1) is 12.4. The smallest absolute Gasteiger partial charge is 0.274 e. The third-order valence-electron chi connectivity index (χ3n) is 2.15. The van der Waals surface area contributed by atoms with E-state index in [2.05, 4.69) is 23.8 Å². The first-order valence-electron chi connectivity index (χ1n) is 5.41. The highest BCUT2D eigenvalue weighted by Gasteiger charge is 2.16. The molecule has 5 heteroatoms. The number of nitrogens with two attached hydrogens (primary N) is 1. The standard InChI is InChI=1S/C11H18N4O/c1-4-15(7-8(2)3)11(16)9-5-14-10(12)6-13-9/h5-6,8H,4,7H2,1-3H3,(H2,12,14). The van der Waals surface area contributed by atoms with Crippen LogP contribution in [0.3, 0.4) is 0 Å². The molecule has 0 aliphatic carbocycles. The van der Waals surface area contributed by atoms with Gasteiger partial charge >= 0.3 is 0 Å². The lowest BCUT2D eigenvalue weighted by atomic mass is 10.2. The molecule has 0 aromatic carbocycles. The number of hydrogen-bond acceptors (Lipinski definition) is 4. The van der Waals surface area contributed by atoms with E-state index in [0.717, 1.165) is 6.54 Å².